The second-order valence-electron chi connectivity index (χ2n) is 11.4. The van der Waals surface area contributed by atoms with E-state index in [2.05, 4.69) is 19.9 Å². The molecule has 0 saturated heterocycles. The zero-order valence-corrected chi connectivity index (χ0v) is 25.4. The number of benzene rings is 2. The maximum absolute atomic E-state index is 12.4. The molecule has 0 radical (unpaired) electrons. The predicted molar refractivity (Wildman–Crippen MR) is 165 cm³/mol. The lowest BCUT2D eigenvalue weighted by atomic mass is 9.93. The summed E-state index contributed by atoms with van der Waals surface area (Å²) in [6.07, 6.45) is 26.9. The number of hydrogen-bond donors (Lipinski definition) is 1. The first-order valence-corrected chi connectivity index (χ1v) is 17.4. The highest BCUT2D eigenvalue weighted by molar-refractivity contribution is 7.85. The molecule has 3 nitrogen and oxygen atoms in total. The van der Waals surface area contributed by atoms with E-state index in [4.69, 9.17) is 0 Å². The minimum absolute atomic E-state index is 0.134. The molecule has 0 bridgehead atoms. The second kappa shape index (κ2) is 19.6. The summed E-state index contributed by atoms with van der Waals surface area (Å²) in [4.78, 5) is 0.134. The van der Waals surface area contributed by atoms with E-state index in [0.717, 1.165) is 47.6 Å². The van der Waals surface area contributed by atoms with Crippen LogP contribution >= 0.6 is 0 Å². The van der Waals surface area contributed by atoms with E-state index in [9.17, 15) is 13.0 Å². The summed E-state index contributed by atoms with van der Waals surface area (Å²) in [5.74, 6) is 0. The molecule has 0 spiro atoms. The Kier molecular flexibility index (Phi) is 17.0. The Labute approximate surface area is 235 Å². The van der Waals surface area contributed by atoms with Crippen LogP contribution in [0.3, 0.4) is 0 Å². The quantitative estimate of drug-likeness (QED) is 0.112. The van der Waals surface area contributed by atoms with Gasteiger partial charge in [-0.25, -0.2) is 0 Å². The first-order chi connectivity index (χ1) is 18.5. The Morgan fingerprint density at radius 1 is 0.553 bits per heavy atom. The summed E-state index contributed by atoms with van der Waals surface area (Å²) in [7, 11) is -4.26. The molecule has 0 atom stereocenters. The second-order valence-corrected chi connectivity index (χ2v) is 12.8. The molecule has 0 aliphatic carbocycles. The molecule has 2 aromatic rings. The third-order valence-electron chi connectivity index (χ3n) is 8.06. The van der Waals surface area contributed by atoms with Crippen LogP contribution in [-0.2, 0) is 23.0 Å². The normalized spacial score (nSPS) is 12.0. The Bertz CT molecular complexity index is 996. The van der Waals surface area contributed by atoms with E-state index in [1.807, 2.05) is 18.2 Å². The van der Waals surface area contributed by atoms with Gasteiger partial charge in [-0.3, -0.25) is 4.55 Å². The minimum atomic E-state index is -4.26. The molecule has 2 rings (SSSR count). The molecule has 0 heterocycles. The van der Waals surface area contributed by atoms with Gasteiger partial charge in [0, 0.05) is 0 Å². The average molecular weight is 545 g/mol. The van der Waals surface area contributed by atoms with Crippen LogP contribution in [-0.4, -0.2) is 13.0 Å². The smallest absolute Gasteiger partial charge is 0.282 e. The van der Waals surface area contributed by atoms with Crippen molar-refractivity contribution in [1.29, 1.82) is 0 Å². The van der Waals surface area contributed by atoms with Gasteiger partial charge in [-0.2, -0.15) is 8.42 Å². The van der Waals surface area contributed by atoms with Crippen molar-refractivity contribution in [3.8, 4) is 0 Å². The molecule has 0 unspecified atom stereocenters. The molecule has 0 aliphatic rings. The van der Waals surface area contributed by atoms with Crippen molar-refractivity contribution in [2.24, 2.45) is 0 Å². The molecule has 2 aromatic carbocycles. The molecule has 1 N–H and O–H groups in total. The van der Waals surface area contributed by atoms with Crippen LogP contribution in [0.15, 0.2) is 35.2 Å². The first kappa shape index (κ1) is 32.8. The molecule has 38 heavy (non-hydrogen) atoms. The lowest BCUT2D eigenvalue weighted by Crippen LogP contribution is -2.06. The fourth-order valence-corrected chi connectivity index (χ4v) is 6.58. The summed E-state index contributed by atoms with van der Waals surface area (Å²) in [5, 5.41) is 2.15. The van der Waals surface area contributed by atoms with E-state index >= 15 is 0 Å². The van der Waals surface area contributed by atoms with E-state index in [1.54, 1.807) is 6.07 Å². The van der Waals surface area contributed by atoms with Crippen molar-refractivity contribution in [3.63, 3.8) is 0 Å². The molecule has 0 aromatic heterocycles. The molecular weight excluding hydrogens is 488 g/mol. The van der Waals surface area contributed by atoms with Crippen LogP contribution in [0.4, 0.5) is 0 Å². The number of aryl methyl sites for hydroxylation is 2. The van der Waals surface area contributed by atoms with E-state index in [1.165, 1.54) is 109 Å². The van der Waals surface area contributed by atoms with Gasteiger partial charge in [-0.1, -0.05) is 154 Å². The van der Waals surface area contributed by atoms with Crippen molar-refractivity contribution in [2.45, 2.75) is 160 Å². The summed E-state index contributed by atoms with van der Waals surface area (Å²) >= 11 is 0. The zero-order chi connectivity index (χ0) is 27.5. The van der Waals surface area contributed by atoms with Crippen molar-refractivity contribution in [3.05, 3.63) is 41.5 Å². The Morgan fingerprint density at radius 3 is 1.39 bits per heavy atom. The van der Waals surface area contributed by atoms with Gasteiger partial charge in [-0.05, 0) is 53.6 Å². The molecule has 0 fully saturated rings. The summed E-state index contributed by atoms with van der Waals surface area (Å²) in [5.41, 5.74) is 1.86. The number of rotatable bonds is 23. The molecule has 0 saturated carbocycles. The standard InChI is InChI=1S/C34H56O3S/c1-3-5-7-9-11-13-15-17-19-21-25-30-29-34(38(35,36)37)33(32-27-24-23-26-31(30)32)28-22-20-18-16-14-12-10-8-6-4-2/h23-24,26-27,29H,3-22,25,28H2,1-2H3,(H,35,36,37). The van der Waals surface area contributed by atoms with Crippen LogP contribution in [0, 0.1) is 0 Å². The first-order valence-electron chi connectivity index (χ1n) is 16.0. The molecule has 216 valence electrons. The van der Waals surface area contributed by atoms with Crippen LogP contribution < -0.4 is 0 Å². The molecular formula is C34H56O3S. The molecule has 4 heteroatoms. The van der Waals surface area contributed by atoms with Gasteiger partial charge < -0.3 is 0 Å². The summed E-state index contributed by atoms with van der Waals surface area (Å²) in [6.45, 7) is 4.51. The van der Waals surface area contributed by atoms with Gasteiger partial charge >= 0.3 is 0 Å². The van der Waals surface area contributed by atoms with Crippen LogP contribution in [0.5, 0.6) is 0 Å². The third kappa shape index (κ3) is 12.6. The minimum Gasteiger partial charge on any atom is -0.282 e. The topological polar surface area (TPSA) is 54.4 Å². The van der Waals surface area contributed by atoms with E-state index in [0.29, 0.717) is 6.42 Å². The maximum Gasteiger partial charge on any atom is 0.294 e. The monoisotopic (exact) mass is 544 g/mol. The van der Waals surface area contributed by atoms with E-state index in [-0.39, 0.29) is 4.90 Å². The number of hydrogen-bond acceptors (Lipinski definition) is 2. The zero-order valence-electron chi connectivity index (χ0n) is 24.6. The van der Waals surface area contributed by atoms with Crippen molar-refractivity contribution < 1.29 is 13.0 Å². The van der Waals surface area contributed by atoms with Crippen molar-refractivity contribution in [2.75, 3.05) is 0 Å². The predicted octanol–water partition coefficient (Wildman–Crippen LogP) is 11.0. The largest absolute Gasteiger partial charge is 0.294 e. The van der Waals surface area contributed by atoms with Gasteiger partial charge in [-0.15, -0.1) is 0 Å². The van der Waals surface area contributed by atoms with Crippen LogP contribution in [0.2, 0.25) is 0 Å². The van der Waals surface area contributed by atoms with Crippen molar-refractivity contribution in [1.82, 2.24) is 0 Å². The van der Waals surface area contributed by atoms with Crippen LogP contribution in [0.25, 0.3) is 10.8 Å². The third-order valence-corrected chi connectivity index (χ3v) is 8.98. The fraction of sp³-hybridized carbons (Fsp3) is 0.706. The summed E-state index contributed by atoms with van der Waals surface area (Å²) in [6, 6.07) is 9.97. The van der Waals surface area contributed by atoms with E-state index < -0.39 is 10.1 Å². The average Bonchev–Trinajstić information content (AvgIpc) is 2.90. The van der Waals surface area contributed by atoms with Gasteiger partial charge in [0.05, 0.1) is 4.90 Å². The number of unbranched alkanes of at least 4 members (excludes halogenated alkanes) is 18. The summed E-state index contributed by atoms with van der Waals surface area (Å²) < 4.78 is 35.0. The number of fused-ring (bicyclic) bond motifs is 1. The lowest BCUT2D eigenvalue weighted by Gasteiger charge is -2.16. The SMILES string of the molecule is CCCCCCCCCCCCc1cc(S(=O)(=O)O)c(CCCCCCCCCCCC)c2ccccc12. The highest BCUT2D eigenvalue weighted by Gasteiger charge is 2.20. The Hall–Kier alpha value is -1.39. The molecule has 0 amide bonds. The van der Waals surface area contributed by atoms with Gasteiger partial charge in [0.1, 0.15) is 0 Å². The fourth-order valence-electron chi connectivity index (χ4n) is 5.77. The van der Waals surface area contributed by atoms with Gasteiger partial charge in [0.2, 0.25) is 0 Å². The van der Waals surface area contributed by atoms with Gasteiger partial charge in [0.25, 0.3) is 10.1 Å². The maximum atomic E-state index is 12.4. The highest BCUT2D eigenvalue weighted by atomic mass is 32.2. The molecule has 0 aliphatic heterocycles. The Balaban J connectivity index is 1.90. The van der Waals surface area contributed by atoms with Crippen molar-refractivity contribution >= 4 is 20.9 Å². The van der Waals surface area contributed by atoms with Gasteiger partial charge in [0.15, 0.2) is 0 Å². The highest BCUT2D eigenvalue weighted by Crippen LogP contribution is 2.32. The lowest BCUT2D eigenvalue weighted by molar-refractivity contribution is 0.481. The van der Waals surface area contributed by atoms with Crippen LogP contribution in [0.1, 0.15) is 153 Å². The Morgan fingerprint density at radius 2 is 0.947 bits per heavy atom.